The molecule has 7 heteroatoms. The molecule has 0 radical (unpaired) electrons. The lowest BCUT2D eigenvalue weighted by Gasteiger charge is -2.09. The normalized spacial score (nSPS) is 12.9. The van der Waals surface area contributed by atoms with Gasteiger partial charge in [-0.05, 0) is 12.1 Å². The van der Waals surface area contributed by atoms with Crippen LogP contribution in [-0.4, -0.2) is 29.3 Å². The van der Waals surface area contributed by atoms with Crippen molar-refractivity contribution in [2.45, 2.75) is 12.7 Å². The fourth-order valence-electron chi connectivity index (χ4n) is 1.59. The second-order valence-electron chi connectivity index (χ2n) is 3.56. The maximum Gasteiger partial charge on any atom is 0.337 e. The number of hydrogen-bond donors (Lipinski definition) is 0. The summed E-state index contributed by atoms with van der Waals surface area (Å²) in [4.78, 5) is 11.3. The van der Waals surface area contributed by atoms with Crippen LogP contribution in [-0.2, 0) is 4.74 Å². The van der Waals surface area contributed by atoms with Gasteiger partial charge in [-0.15, -0.1) is 0 Å². The van der Waals surface area contributed by atoms with Crippen molar-refractivity contribution in [3.8, 4) is 0 Å². The van der Waals surface area contributed by atoms with E-state index in [4.69, 9.17) is 0 Å². The van der Waals surface area contributed by atoms with Crippen molar-refractivity contribution in [2.75, 3.05) is 7.11 Å². The van der Waals surface area contributed by atoms with Gasteiger partial charge in [-0.25, -0.2) is 22.6 Å². The maximum atomic E-state index is 13.3. The van der Waals surface area contributed by atoms with Crippen LogP contribution in [0.4, 0.5) is 13.2 Å². The first-order valence-electron chi connectivity index (χ1n) is 5.02. The molecule has 0 amide bonds. The topological polar surface area (TPSA) is 44.1 Å². The van der Waals surface area contributed by atoms with E-state index in [2.05, 4.69) is 9.84 Å². The summed E-state index contributed by atoms with van der Waals surface area (Å²) in [6, 6.07) is 4.21. The number of benzene rings is 1. The van der Waals surface area contributed by atoms with Crippen LogP contribution >= 0.6 is 0 Å². The summed E-state index contributed by atoms with van der Waals surface area (Å²) in [5.74, 6) is -0.628. The Labute approximate surface area is 100.0 Å². The van der Waals surface area contributed by atoms with Crippen LogP contribution in [0.5, 0.6) is 0 Å². The Kier molecular flexibility index (Phi) is 3.22. The van der Waals surface area contributed by atoms with Crippen LogP contribution in [0.25, 0.3) is 10.9 Å². The largest absolute Gasteiger partial charge is 0.465 e. The molecule has 0 aliphatic rings. The molecule has 1 aromatic heterocycles. The number of alkyl halides is 3. The molecular weight excluding hydrogens is 249 g/mol. The zero-order valence-corrected chi connectivity index (χ0v) is 9.31. The highest BCUT2D eigenvalue weighted by atomic mass is 19.3. The first-order valence-corrected chi connectivity index (χ1v) is 5.02. The standard InChI is InChI=1S/C11H9F3N2O2/c1-18-11(17)6-2-3-7-5-15-16(8(7)4-6)10(14)9(12)13/h2-5,9-10H,1H3. The van der Waals surface area contributed by atoms with Gasteiger partial charge in [0.2, 0.25) is 0 Å². The molecule has 0 N–H and O–H groups in total. The lowest BCUT2D eigenvalue weighted by atomic mass is 10.1. The zero-order valence-electron chi connectivity index (χ0n) is 9.31. The van der Waals surface area contributed by atoms with Crippen LogP contribution in [0.1, 0.15) is 16.7 Å². The Bertz CT molecular complexity index is 583. The molecule has 4 nitrogen and oxygen atoms in total. The highest BCUT2D eigenvalue weighted by Crippen LogP contribution is 2.24. The molecule has 1 unspecified atom stereocenters. The Morgan fingerprint density at radius 3 is 2.72 bits per heavy atom. The molecular formula is C11H9F3N2O2. The predicted octanol–water partition coefficient (Wildman–Crippen LogP) is 2.56. The second-order valence-corrected chi connectivity index (χ2v) is 3.56. The van der Waals surface area contributed by atoms with Gasteiger partial charge >= 0.3 is 5.97 Å². The third kappa shape index (κ3) is 2.03. The van der Waals surface area contributed by atoms with E-state index in [0.717, 1.165) is 0 Å². The van der Waals surface area contributed by atoms with E-state index in [1.165, 1.54) is 31.5 Å². The first-order chi connectivity index (χ1) is 8.54. The number of esters is 1. The number of methoxy groups -OCH3 is 1. The fourth-order valence-corrected chi connectivity index (χ4v) is 1.59. The molecule has 0 saturated heterocycles. The predicted molar refractivity (Wildman–Crippen MR) is 57.2 cm³/mol. The van der Waals surface area contributed by atoms with Crippen molar-refractivity contribution in [3.63, 3.8) is 0 Å². The number of fused-ring (bicyclic) bond motifs is 1. The van der Waals surface area contributed by atoms with Crippen LogP contribution in [0.2, 0.25) is 0 Å². The van der Waals surface area contributed by atoms with Crippen molar-refractivity contribution < 1.29 is 22.7 Å². The van der Waals surface area contributed by atoms with E-state index < -0.39 is 18.7 Å². The average molecular weight is 258 g/mol. The second kappa shape index (κ2) is 4.67. The molecule has 0 spiro atoms. The Balaban J connectivity index is 2.53. The molecule has 1 aromatic carbocycles. The molecule has 1 heterocycles. The Hall–Kier alpha value is -2.05. The summed E-state index contributed by atoms with van der Waals surface area (Å²) in [6.07, 6.45) is -4.48. The maximum absolute atomic E-state index is 13.3. The summed E-state index contributed by atoms with van der Waals surface area (Å²) < 4.78 is 43.0. The quantitative estimate of drug-likeness (QED) is 0.795. The third-order valence-corrected chi connectivity index (χ3v) is 2.46. The fraction of sp³-hybridized carbons (Fsp3) is 0.273. The first kappa shape index (κ1) is 12.4. The number of ether oxygens (including phenoxy) is 1. The van der Waals surface area contributed by atoms with Gasteiger partial charge in [0, 0.05) is 5.39 Å². The number of hydrogen-bond acceptors (Lipinski definition) is 3. The van der Waals surface area contributed by atoms with Crippen molar-refractivity contribution in [1.82, 2.24) is 9.78 Å². The smallest absolute Gasteiger partial charge is 0.337 e. The number of nitrogens with zero attached hydrogens (tertiary/aromatic N) is 2. The molecule has 0 saturated carbocycles. The van der Waals surface area contributed by atoms with Gasteiger partial charge in [0.25, 0.3) is 12.7 Å². The number of carbonyl (C=O) groups is 1. The lowest BCUT2D eigenvalue weighted by molar-refractivity contribution is 0.00343. The number of rotatable bonds is 3. The molecule has 0 bridgehead atoms. The summed E-state index contributed by atoms with van der Waals surface area (Å²) >= 11 is 0. The monoisotopic (exact) mass is 258 g/mol. The van der Waals surface area contributed by atoms with Crippen LogP contribution < -0.4 is 0 Å². The Morgan fingerprint density at radius 1 is 1.39 bits per heavy atom. The minimum absolute atomic E-state index is 0.116. The van der Waals surface area contributed by atoms with Gasteiger partial charge in [-0.1, -0.05) is 6.07 Å². The molecule has 1 atom stereocenters. The summed E-state index contributed by atoms with van der Waals surface area (Å²) in [5, 5.41) is 4.02. The van der Waals surface area contributed by atoms with Crippen LogP contribution in [0.15, 0.2) is 24.4 Å². The van der Waals surface area contributed by atoms with Crippen LogP contribution in [0.3, 0.4) is 0 Å². The van der Waals surface area contributed by atoms with E-state index in [1.54, 1.807) is 0 Å². The molecule has 96 valence electrons. The van der Waals surface area contributed by atoms with Crippen molar-refractivity contribution >= 4 is 16.9 Å². The van der Waals surface area contributed by atoms with Gasteiger partial charge in [0.05, 0.1) is 24.4 Å². The molecule has 18 heavy (non-hydrogen) atoms. The highest BCUT2D eigenvalue weighted by Gasteiger charge is 2.24. The summed E-state index contributed by atoms with van der Waals surface area (Å²) in [6.45, 7) is 0. The van der Waals surface area contributed by atoms with Gasteiger partial charge in [0.1, 0.15) is 0 Å². The minimum atomic E-state index is -3.19. The summed E-state index contributed by atoms with van der Waals surface area (Å²) in [5.41, 5.74) is 0.263. The van der Waals surface area contributed by atoms with Crippen molar-refractivity contribution in [2.24, 2.45) is 0 Å². The highest BCUT2D eigenvalue weighted by molar-refractivity contribution is 5.94. The van der Waals surface area contributed by atoms with Crippen molar-refractivity contribution in [3.05, 3.63) is 30.0 Å². The molecule has 0 aliphatic heterocycles. The Morgan fingerprint density at radius 2 is 2.11 bits per heavy atom. The van der Waals surface area contributed by atoms with Crippen LogP contribution in [0, 0.1) is 0 Å². The van der Waals surface area contributed by atoms with Crippen molar-refractivity contribution in [1.29, 1.82) is 0 Å². The average Bonchev–Trinajstić information content (AvgIpc) is 2.79. The van der Waals surface area contributed by atoms with E-state index >= 15 is 0 Å². The number of halogens is 3. The molecule has 0 fully saturated rings. The molecule has 2 rings (SSSR count). The van der Waals surface area contributed by atoms with Gasteiger partial charge in [-0.3, -0.25) is 0 Å². The van der Waals surface area contributed by atoms with E-state index in [0.29, 0.717) is 10.1 Å². The summed E-state index contributed by atoms with van der Waals surface area (Å²) in [7, 11) is 1.20. The van der Waals surface area contributed by atoms with Gasteiger partial charge in [0.15, 0.2) is 0 Å². The van der Waals surface area contributed by atoms with E-state index in [1.807, 2.05) is 0 Å². The zero-order chi connectivity index (χ0) is 13.3. The number of carbonyl (C=O) groups excluding carboxylic acids is 1. The third-order valence-electron chi connectivity index (χ3n) is 2.46. The molecule has 2 aromatic rings. The number of aromatic nitrogens is 2. The molecule has 0 aliphatic carbocycles. The minimum Gasteiger partial charge on any atom is -0.465 e. The SMILES string of the molecule is COC(=O)c1ccc2cnn(C(F)C(F)F)c2c1. The van der Waals surface area contributed by atoms with Gasteiger partial charge in [-0.2, -0.15) is 5.10 Å². The van der Waals surface area contributed by atoms with E-state index in [-0.39, 0.29) is 11.1 Å². The van der Waals surface area contributed by atoms with E-state index in [9.17, 15) is 18.0 Å². The lowest BCUT2D eigenvalue weighted by Crippen LogP contribution is -2.13. The van der Waals surface area contributed by atoms with Gasteiger partial charge < -0.3 is 4.74 Å².